The monoisotopic (exact) mass is 270 g/mol. The molecule has 0 unspecified atom stereocenters. The summed E-state index contributed by atoms with van der Waals surface area (Å²) in [4.78, 5) is 2.33. The summed E-state index contributed by atoms with van der Waals surface area (Å²) in [7, 11) is 0. The number of rotatable bonds is 2. The Kier molecular flexibility index (Phi) is 3.16. The number of nitrogen functional groups attached to an aromatic ring is 1. The summed E-state index contributed by atoms with van der Waals surface area (Å²) in [5, 5.41) is 4.61. The molecule has 0 fully saturated rings. The van der Waals surface area contributed by atoms with Gasteiger partial charge >= 0.3 is 0 Å². The topological polar surface area (TPSA) is 47.1 Å². The van der Waals surface area contributed by atoms with Crippen molar-refractivity contribution in [3.05, 3.63) is 35.5 Å². The van der Waals surface area contributed by atoms with Crippen molar-refractivity contribution in [3.63, 3.8) is 0 Å². The number of para-hydroxylation sites is 1. The van der Waals surface area contributed by atoms with E-state index in [9.17, 15) is 0 Å². The van der Waals surface area contributed by atoms with Crippen LogP contribution in [0.15, 0.2) is 24.3 Å². The maximum absolute atomic E-state index is 6.30. The molecular weight excluding hydrogens is 248 g/mol. The molecule has 3 rings (SSSR count). The zero-order valence-electron chi connectivity index (χ0n) is 12.4. The highest BCUT2D eigenvalue weighted by atomic mass is 15.4. The minimum absolute atomic E-state index is 0.301. The van der Waals surface area contributed by atoms with Crippen LogP contribution in [0, 0.1) is 6.92 Å². The molecule has 4 nitrogen and oxygen atoms in total. The predicted molar refractivity (Wildman–Crippen MR) is 83.5 cm³/mol. The number of nitrogens with two attached hydrogens (primary N) is 1. The third-order valence-electron chi connectivity index (χ3n) is 3.96. The van der Waals surface area contributed by atoms with Crippen LogP contribution in [0.25, 0.3) is 0 Å². The smallest absolute Gasteiger partial charge is 0.155 e. The zero-order chi connectivity index (χ0) is 14.3. The average Bonchev–Trinajstić information content (AvgIpc) is 2.75. The molecule has 20 heavy (non-hydrogen) atoms. The van der Waals surface area contributed by atoms with E-state index in [4.69, 9.17) is 5.73 Å². The van der Waals surface area contributed by atoms with E-state index in [0.29, 0.717) is 6.04 Å². The molecule has 0 radical (unpaired) electrons. The fourth-order valence-corrected chi connectivity index (χ4v) is 2.93. The number of fused-ring (bicyclic) bond motifs is 1. The molecule has 1 aromatic heterocycles. The molecule has 0 aliphatic carbocycles. The van der Waals surface area contributed by atoms with E-state index < -0.39 is 0 Å². The lowest BCUT2D eigenvalue weighted by Crippen LogP contribution is -2.28. The molecule has 106 valence electrons. The third-order valence-corrected chi connectivity index (χ3v) is 3.96. The van der Waals surface area contributed by atoms with Gasteiger partial charge in [-0.3, -0.25) is 0 Å². The van der Waals surface area contributed by atoms with Gasteiger partial charge in [0.05, 0.1) is 11.4 Å². The lowest BCUT2D eigenvalue weighted by Gasteiger charge is -2.32. The summed E-state index contributed by atoms with van der Waals surface area (Å²) in [6.45, 7) is 7.27. The van der Waals surface area contributed by atoms with E-state index in [1.54, 1.807) is 0 Å². The predicted octanol–water partition coefficient (Wildman–Crippen LogP) is 3.44. The molecule has 2 aromatic rings. The first-order chi connectivity index (χ1) is 9.59. The quantitative estimate of drug-likeness (QED) is 0.909. The Morgan fingerprint density at radius 2 is 2.00 bits per heavy atom. The molecule has 0 atom stereocenters. The summed E-state index contributed by atoms with van der Waals surface area (Å²) < 4.78 is 2.05. The van der Waals surface area contributed by atoms with Crippen LogP contribution in [0.4, 0.5) is 17.2 Å². The molecule has 1 aromatic carbocycles. The Morgan fingerprint density at radius 3 is 2.75 bits per heavy atom. The largest absolute Gasteiger partial charge is 0.394 e. The molecule has 2 heterocycles. The average molecular weight is 270 g/mol. The second-order valence-corrected chi connectivity index (χ2v) is 5.74. The normalized spacial score (nSPS) is 14.7. The van der Waals surface area contributed by atoms with Crippen molar-refractivity contribution in [1.29, 1.82) is 0 Å². The second kappa shape index (κ2) is 4.85. The van der Waals surface area contributed by atoms with Gasteiger partial charge in [-0.2, -0.15) is 5.10 Å². The molecule has 1 aliphatic rings. The van der Waals surface area contributed by atoms with Crippen LogP contribution in [0.1, 0.15) is 37.6 Å². The van der Waals surface area contributed by atoms with E-state index in [0.717, 1.165) is 36.6 Å². The standard InChI is InChI=1S/C16H22N4/c1-11(2)20-16(15(17)12(3)18-20)19-10-6-8-13-7-4-5-9-14(13)19/h4-5,7,9,11H,6,8,10,17H2,1-3H3. The van der Waals surface area contributed by atoms with Gasteiger partial charge in [0.25, 0.3) is 0 Å². The van der Waals surface area contributed by atoms with Crippen molar-refractivity contribution in [3.8, 4) is 0 Å². The fourth-order valence-electron chi connectivity index (χ4n) is 2.93. The number of hydrogen-bond acceptors (Lipinski definition) is 3. The number of aromatic nitrogens is 2. The zero-order valence-corrected chi connectivity index (χ0v) is 12.4. The summed E-state index contributed by atoms with van der Waals surface area (Å²) in [5.41, 5.74) is 10.7. The summed E-state index contributed by atoms with van der Waals surface area (Å²) in [5.74, 6) is 1.05. The molecular formula is C16H22N4. The van der Waals surface area contributed by atoms with Gasteiger partial charge in [0.15, 0.2) is 5.82 Å². The van der Waals surface area contributed by atoms with E-state index in [1.165, 1.54) is 11.3 Å². The lowest BCUT2D eigenvalue weighted by atomic mass is 10.0. The maximum atomic E-state index is 6.30. The van der Waals surface area contributed by atoms with Crippen molar-refractivity contribution in [2.24, 2.45) is 0 Å². The Bertz CT molecular complexity index is 627. The molecule has 1 aliphatic heterocycles. The maximum Gasteiger partial charge on any atom is 0.155 e. The van der Waals surface area contributed by atoms with Crippen LogP contribution in [0.5, 0.6) is 0 Å². The summed E-state index contributed by atoms with van der Waals surface area (Å²) in [6.07, 6.45) is 2.29. The number of hydrogen-bond donors (Lipinski definition) is 1. The molecule has 0 saturated heterocycles. The Balaban J connectivity index is 2.15. The van der Waals surface area contributed by atoms with E-state index >= 15 is 0 Å². The Labute approximate surface area is 120 Å². The number of anilines is 3. The fraction of sp³-hybridized carbons (Fsp3) is 0.438. The van der Waals surface area contributed by atoms with Crippen LogP contribution < -0.4 is 10.6 Å². The highest BCUT2D eigenvalue weighted by Crippen LogP contribution is 2.38. The van der Waals surface area contributed by atoms with Crippen molar-refractivity contribution >= 4 is 17.2 Å². The number of nitrogens with zero attached hydrogens (tertiary/aromatic N) is 3. The van der Waals surface area contributed by atoms with Gasteiger partial charge in [-0.25, -0.2) is 4.68 Å². The molecule has 4 heteroatoms. The molecule has 0 amide bonds. The third kappa shape index (κ3) is 1.96. The second-order valence-electron chi connectivity index (χ2n) is 5.74. The van der Waals surface area contributed by atoms with E-state index in [2.05, 4.69) is 48.1 Å². The summed E-state index contributed by atoms with van der Waals surface area (Å²) >= 11 is 0. The van der Waals surface area contributed by atoms with Crippen molar-refractivity contribution < 1.29 is 0 Å². The minimum Gasteiger partial charge on any atom is -0.394 e. The van der Waals surface area contributed by atoms with Crippen LogP contribution in [-0.4, -0.2) is 16.3 Å². The first kappa shape index (κ1) is 13.0. The van der Waals surface area contributed by atoms with Crippen LogP contribution in [0.2, 0.25) is 0 Å². The van der Waals surface area contributed by atoms with Crippen LogP contribution in [-0.2, 0) is 6.42 Å². The first-order valence-corrected chi connectivity index (χ1v) is 7.29. The van der Waals surface area contributed by atoms with Gasteiger partial charge in [-0.15, -0.1) is 0 Å². The van der Waals surface area contributed by atoms with Gasteiger partial charge in [0, 0.05) is 18.3 Å². The Hall–Kier alpha value is -1.97. The van der Waals surface area contributed by atoms with Gasteiger partial charge in [0.2, 0.25) is 0 Å². The van der Waals surface area contributed by atoms with E-state index in [-0.39, 0.29) is 0 Å². The number of benzene rings is 1. The first-order valence-electron chi connectivity index (χ1n) is 7.29. The molecule has 2 N–H and O–H groups in total. The van der Waals surface area contributed by atoms with Crippen molar-refractivity contribution in [2.45, 2.75) is 39.7 Å². The van der Waals surface area contributed by atoms with Crippen molar-refractivity contribution in [1.82, 2.24) is 9.78 Å². The summed E-state index contributed by atoms with van der Waals surface area (Å²) in [6, 6.07) is 8.89. The lowest BCUT2D eigenvalue weighted by molar-refractivity contribution is 0.526. The molecule has 0 bridgehead atoms. The highest BCUT2D eigenvalue weighted by Gasteiger charge is 2.25. The van der Waals surface area contributed by atoms with E-state index in [1.807, 2.05) is 11.6 Å². The van der Waals surface area contributed by atoms with Crippen LogP contribution in [0.3, 0.4) is 0 Å². The van der Waals surface area contributed by atoms with Gasteiger partial charge in [0.1, 0.15) is 0 Å². The SMILES string of the molecule is Cc1nn(C(C)C)c(N2CCCc3ccccc32)c1N. The molecule has 0 saturated carbocycles. The number of aryl methyl sites for hydroxylation is 2. The van der Waals surface area contributed by atoms with Gasteiger partial charge in [-0.1, -0.05) is 18.2 Å². The van der Waals surface area contributed by atoms with Crippen molar-refractivity contribution in [2.75, 3.05) is 17.2 Å². The highest BCUT2D eigenvalue weighted by molar-refractivity contribution is 5.75. The van der Waals surface area contributed by atoms with Gasteiger partial charge < -0.3 is 10.6 Å². The Morgan fingerprint density at radius 1 is 1.25 bits per heavy atom. The van der Waals surface area contributed by atoms with Gasteiger partial charge in [-0.05, 0) is 45.2 Å². The molecule has 0 spiro atoms. The van der Waals surface area contributed by atoms with Crippen LogP contribution >= 0.6 is 0 Å². The minimum atomic E-state index is 0.301.